The quantitative estimate of drug-likeness (QED) is 0.673. The molecular formula is C21H25NO3S2. The van der Waals surface area contributed by atoms with E-state index in [0.29, 0.717) is 22.1 Å². The van der Waals surface area contributed by atoms with Crippen molar-refractivity contribution in [3.63, 3.8) is 0 Å². The fraction of sp³-hybridized carbons (Fsp3) is 0.333. The standard InChI is InChI=1S/C21H25NO3S2/c1-4-27(24)20-8-5-7-17-19(26-12-6-11-22(2)3)13-15-9-10-16(23)14-18(15)25-21(17)20/h5,7-10,13-14,23H,4,6,11-12H2,1-3H3. The summed E-state index contributed by atoms with van der Waals surface area (Å²) >= 11 is 1.78. The number of ether oxygens (including phenoxy) is 1. The first kappa shape index (κ1) is 20.0. The van der Waals surface area contributed by atoms with Crippen LogP contribution >= 0.6 is 11.8 Å². The number of phenols is 1. The van der Waals surface area contributed by atoms with E-state index >= 15 is 0 Å². The van der Waals surface area contributed by atoms with Crippen molar-refractivity contribution in [3.05, 3.63) is 47.5 Å². The largest absolute Gasteiger partial charge is 0.508 e. The molecule has 0 bridgehead atoms. The van der Waals surface area contributed by atoms with Crippen LogP contribution in [-0.4, -0.2) is 46.4 Å². The van der Waals surface area contributed by atoms with Gasteiger partial charge in [0.25, 0.3) is 0 Å². The van der Waals surface area contributed by atoms with Crippen molar-refractivity contribution < 1.29 is 14.1 Å². The monoisotopic (exact) mass is 403 g/mol. The number of phenolic OH excluding ortho intramolecular Hbond substituents is 1. The zero-order valence-corrected chi connectivity index (χ0v) is 17.5. The zero-order chi connectivity index (χ0) is 19.4. The maximum atomic E-state index is 12.6. The number of rotatable bonds is 7. The third-order valence-corrected chi connectivity index (χ3v) is 6.73. The first-order chi connectivity index (χ1) is 13.0. The van der Waals surface area contributed by atoms with Gasteiger partial charge in [-0.3, -0.25) is 4.21 Å². The summed E-state index contributed by atoms with van der Waals surface area (Å²) in [7, 11) is 3.03. The maximum absolute atomic E-state index is 12.6. The van der Waals surface area contributed by atoms with E-state index in [9.17, 15) is 9.32 Å². The molecule has 0 aliphatic carbocycles. The molecule has 0 fully saturated rings. The minimum absolute atomic E-state index is 0.153. The lowest BCUT2D eigenvalue weighted by Crippen LogP contribution is -2.13. The van der Waals surface area contributed by atoms with Crippen LogP contribution in [0.3, 0.4) is 0 Å². The molecule has 0 saturated carbocycles. The van der Waals surface area contributed by atoms with Crippen LogP contribution in [0, 0.1) is 0 Å². The Hall–Kier alpha value is -1.76. The van der Waals surface area contributed by atoms with E-state index < -0.39 is 10.8 Å². The van der Waals surface area contributed by atoms with Crippen LogP contribution in [-0.2, 0) is 10.8 Å². The van der Waals surface area contributed by atoms with Crippen LogP contribution in [0.2, 0.25) is 0 Å². The van der Waals surface area contributed by atoms with Crippen LogP contribution < -0.4 is 4.74 Å². The normalized spacial score (nSPS) is 14.0. The Balaban J connectivity index is 2.03. The summed E-state index contributed by atoms with van der Waals surface area (Å²) in [6.07, 6.45) is 3.17. The van der Waals surface area contributed by atoms with E-state index in [2.05, 4.69) is 25.1 Å². The number of hydrogen-bond donors (Lipinski definition) is 1. The molecule has 1 unspecified atom stereocenters. The fourth-order valence-corrected chi connectivity index (χ4v) is 4.81. The number of nitrogens with zero attached hydrogens (tertiary/aromatic N) is 1. The highest BCUT2D eigenvalue weighted by Crippen LogP contribution is 2.45. The second kappa shape index (κ2) is 8.95. The van der Waals surface area contributed by atoms with Gasteiger partial charge >= 0.3 is 0 Å². The molecule has 1 heterocycles. The van der Waals surface area contributed by atoms with Crippen molar-refractivity contribution in [2.45, 2.75) is 18.2 Å². The molecular weight excluding hydrogens is 378 g/mol. The molecule has 6 heteroatoms. The molecule has 144 valence electrons. The van der Waals surface area contributed by atoms with Crippen LogP contribution in [0.4, 0.5) is 0 Å². The number of hydrogen-bond acceptors (Lipinski definition) is 5. The van der Waals surface area contributed by atoms with Gasteiger partial charge in [-0.1, -0.05) is 19.1 Å². The summed E-state index contributed by atoms with van der Waals surface area (Å²) in [4.78, 5) is 3.98. The van der Waals surface area contributed by atoms with Gasteiger partial charge in [0.1, 0.15) is 11.5 Å². The Morgan fingerprint density at radius 2 is 2.04 bits per heavy atom. The molecule has 1 aliphatic rings. The molecule has 1 N–H and O–H groups in total. The lowest BCUT2D eigenvalue weighted by atomic mass is 10.1. The topological polar surface area (TPSA) is 49.8 Å². The number of thioether (sulfide) groups is 1. The third kappa shape index (κ3) is 4.75. The number of aromatic hydroxyl groups is 1. The molecule has 2 aromatic rings. The van der Waals surface area contributed by atoms with Gasteiger partial charge < -0.3 is 14.7 Å². The summed E-state index contributed by atoms with van der Waals surface area (Å²) in [6, 6.07) is 10.9. The number of fused-ring (bicyclic) bond motifs is 2. The SMILES string of the molecule is CCS(=O)c1cccc2c1Oc1cc(O)ccc1C=C2SCCCN(C)C. The Labute approximate surface area is 167 Å². The van der Waals surface area contributed by atoms with Crippen LogP contribution in [0.15, 0.2) is 41.3 Å². The average molecular weight is 404 g/mol. The molecule has 2 aromatic carbocycles. The summed E-state index contributed by atoms with van der Waals surface area (Å²) in [5.41, 5.74) is 1.87. The van der Waals surface area contributed by atoms with Crippen LogP contribution in [0.25, 0.3) is 11.0 Å². The lowest BCUT2D eigenvalue weighted by molar-refractivity contribution is 0.410. The van der Waals surface area contributed by atoms with Crippen LogP contribution in [0.5, 0.6) is 17.2 Å². The predicted molar refractivity (Wildman–Crippen MR) is 115 cm³/mol. The van der Waals surface area contributed by atoms with Crippen molar-refractivity contribution in [1.29, 1.82) is 0 Å². The highest BCUT2D eigenvalue weighted by Gasteiger charge is 2.22. The Kier molecular flexibility index (Phi) is 6.63. The first-order valence-corrected chi connectivity index (χ1v) is 11.3. The van der Waals surface area contributed by atoms with E-state index in [-0.39, 0.29) is 5.75 Å². The molecule has 27 heavy (non-hydrogen) atoms. The minimum Gasteiger partial charge on any atom is -0.508 e. The van der Waals surface area contributed by atoms with Gasteiger partial charge in [-0.25, -0.2) is 0 Å². The molecule has 0 radical (unpaired) electrons. The molecule has 1 aliphatic heterocycles. The molecule has 0 aromatic heterocycles. The number of benzene rings is 2. The molecule has 4 nitrogen and oxygen atoms in total. The van der Waals surface area contributed by atoms with E-state index in [1.165, 1.54) is 0 Å². The Morgan fingerprint density at radius 3 is 2.78 bits per heavy atom. The van der Waals surface area contributed by atoms with Gasteiger partial charge in [0, 0.05) is 27.9 Å². The second-order valence-corrected chi connectivity index (χ2v) is 9.45. The maximum Gasteiger partial charge on any atom is 0.151 e. The van der Waals surface area contributed by atoms with Crippen molar-refractivity contribution in [3.8, 4) is 17.2 Å². The van der Waals surface area contributed by atoms with Gasteiger partial charge in [-0.2, -0.15) is 0 Å². The molecule has 1 atom stereocenters. The highest BCUT2D eigenvalue weighted by molar-refractivity contribution is 8.08. The predicted octanol–water partition coefficient (Wildman–Crippen LogP) is 4.81. The first-order valence-electron chi connectivity index (χ1n) is 9.01. The van der Waals surface area contributed by atoms with E-state index in [1.54, 1.807) is 23.9 Å². The van der Waals surface area contributed by atoms with E-state index in [4.69, 9.17) is 4.74 Å². The van der Waals surface area contributed by atoms with E-state index in [0.717, 1.165) is 34.8 Å². The average Bonchev–Trinajstić information content (AvgIpc) is 2.80. The Morgan fingerprint density at radius 1 is 1.22 bits per heavy atom. The minimum atomic E-state index is -1.13. The van der Waals surface area contributed by atoms with Crippen molar-refractivity contribution >= 4 is 33.5 Å². The van der Waals surface area contributed by atoms with Gasteiger partial charge in [-0.15, -0.1) is 11.8 Å². The van der Waals surface area contributed by atoms with Crippen molar-refractivity contribution in [1.82, 2.24) is 4.90 Å². The molecule has 0 saturated heterocycles. The third-order valence-electron chi connectivity index (χ3n) is 4.25. The summed E-state index contributed by atoms with van der Waals surface area (Å²) in [5.74, 6) is 2.88. The highest BCUT2D eigenvalue weighted by atomic mass is 32.2. The molecule has 0 spiro atoms. The summed E-state index contributed by atoms with van der Waals surface area (Å²) in [5, 5.41) is 9.87. The lowest BCUT2D eigenvalue weighted by Gasteiger charge is -2.15. The Bertz CT molecular complexity index is 878. The summed E-state index contributed by atoms with van der Waals surface area (Å²) in [6.45, 7) is 2.94. The van der Waals surface area contributed by atoms with Gasteiger partial charge in [0.15, 0.2) is 5.75 Å². The molecule has 3 rings (SSSR count). The fourth-order valence-electron chi connectivity index (χ4n) is 2.89. The van der Waals surface area contributed by atoms with Crippen molar-refractivity contribution in [2.75, 3.05) is 32.1 Å². The van der Waals surface area contributed by atoms with Gasteiger partial charge in [0.2, 0.25) is 0 Å². The second-order valence-electron chi connectivity index (χ2n) is 6.61. The zero-order valence-electron chi connectivity index (χ0n) is 15.9. The van der Waals surface area contributed by atoms with E-state index in [1.807, 2.05) is 31.2 Å². The van der Waals surface area contributed by atoms with Gasteiger partial charge in [-0.05, 0) is 57.1 Å². The van der Waals surface area contributed by atoms with Gasteiger partial charge in [0.05, 0.1) is 15.7 Å². The van der Waals surface area contributed by atoms with Crippen LogP contribution in [0.1, 0.15) is 24.5 Å². The summed E-state index contributed by atoms with van der Waals surface area (Å²) < 4.78 is 18.8. The molecule has 0 amide bonds. The number of para-hydroxylation sites is 1. The van der Waals surface area contributed by atoms with Crippen molar-refractivity contribution in [2.24, 2.45) is 0 Å². The smallest absolute Gasteiger partial charge is 0.151 e.